The van der Waals surface area contributed by atoms with E-state index in [2.05, 4.69) is 30.1 Å². The summed E-state index contributed by atoms with van der Waals surface area (Å²) in [6, 6.07) is 10.5. The number of hydrogen-bond acceptors (Lipinski definition) is 4. The average molecular weight is 446 g/mol. The van der Waals surface area contributed by atoms with Crippen molar-refractivity contribution in [2.75, 3.05) is 13.1 Å². The third-order valence-electron chi connectivity index (χ3n) is 7.46. The fraction of sp³-hybridized carbons (Fsp3) is 0.500. The van der Waals surface area contributed by atoms with Crippen LogP contribution >= 0.6 is 0 Å². The molecule has 2 aromatic heterocycles. The predicted molar refractivity (Wildman–Crippen MR) is 129 cm³/mol. The van der Waals surface area contributed by atoms with Crippen LogP contribution in [-0.4, -0.2) is 44.9 Å². The maximum absolute atomic E-state index is 13.6. The van der Waals surface area contributed by atoms with Crippen molar-refractivity contribution in [3.05, 3.63) is 52.1 Å². The molecule has 7 heteroatoms. The van der Waals surface area contributed by atoms with E-state index in [1.165, 1.54) is 0 Å². The van der Waals surface area contributed by atoms with Gasteiger partial charge in [0, 0.05) is 36.3 Å². The molecule has 1 saturated carbocycles. The molecule has 1 N–H and O–H groups in total. The van der Waals surface area contributed by atoms with Gasteiger partial charge in [0.1, 0.15) is 17.3 Å². The molecule has 1 aliphatic heterocycles. The average Bonchev–Trinajstić information content (AvgIpc) is 3.56. The highest BCUT2D eigenvalue weighted by Crippen LogP contribution is 2.31. The summed E-state index contributed by atoms with van der Waals surface area (Å²) in [5.74, 6) is -0.201. The maximum atomic E-state index is 13.6. The number of nitriles is 1. The van der Waals surface area contributed by atoms with Gasteiger partial charge in [-0.2, -0.15) is 5.26 Å². The van der Waals surface area contributed by atoms with Crippen LogP contribution in [0.15, 0.2) is 35.3 Å². The lowest BCUT2D eigenvalue weighted by Gasteiger charge is -2.28. The molecule has 1 aromatic carbocycles. The largest absolute Gasteiger partial charge is 0.349 e. The second-order valence-electron chi connectivity index (χ2n) is 9.69. The molecule has 1 amide bonds. The number of rotatable bonds is 5. The SMILES string of the molecule is CC(C)N1CCCC1CNC(=O)c1cn(C2CCCC2)c(=O)c2c(C#N)c3ccccc3n12. The number of likely N-dealkylation sites (tertiary alicyclic amines) is 1. The normalized spacial score (nSPS) is 19.6. The van der Waals surface area contributed by atoms with Crippen LogP contribution in [0.2, 0.25) is 0 Å². The molecule has 1 unspecified atom stereocenters. The monoisotopic (exact) mass is 445 g/mol. The number of hydrogen-bond donors (Lipinski definition) is 1. The Morgan fingerprint density at radius 3 is 2.67 bits per heavy atom. The van der Waals surface area contributed by atoms with Crippen molar-refractivity contribution in [3.8, 4) is 6.07 Å². The molecule has 0 radical (unpaired) electrons. The number of para-hydroxylation sites is 1. The van der Waals surface area contributed by atoms with Gasteiger partial charge >= 0.3 is 0 Å². The smallest absolute Gasteiger partial charge is 0.276 e. The van der Waals surface area contributed by atoms with Gasteiger partial charge in [-0.15, -0.1) is 0 Å². The molecule has 1 aliphatic carbocycles. The minimum atomic E-state index is -0.201. The maximum Gasteiger partial charge on any atom is 0.276 e. The summed E-state index contributed by atoms with van der Waals surface area (Å²) < 4.78 is 3.42. The fourth-order valence-electron chi connectivity index (χ4n) is 5.85. The van der Waals surface area contributed by atoms with Crippen molar-refractivity contribution in [3.63, 3.8) is 0 Å². The number of nitrogens with zero attached hydrogens (tertiary/aromatic N) is 4. The third kappa shape index (κ3) is 3.63. The van der Waals surface area contributed by atoms with Gasteiger partial charge in [0.25, 0.3) is 11.5 Å². The molecule has 1 saturated heterocycles. The Morgan fingerprint density at radius 2 is 1.94 bits per heavy atom. The molecular formula is C26H31N5O2. The Morgan fingerprint density at radius 1 is 1.18 bits per heavy atom. The first-order valence-electron chi connectivity index (χ1n) is 12.1. The van der Waals surface area contributed by atoms with Crippen LogP contribution < -0.4 is 10.9 Å². The van der Waals surface area contributed by atoms with Crippen LogP contribution in [0.1, 0.15) is 74.5 Å². The zero-order valence-corrected chi connectivity index (χ0v) is 19.4. The Kier molecular flexibility index (Phi) is 5.71. The first kappa shape index (κ1) is 21.7. The van der Waals surface area contributed by atoms with E-state index < -0.39 is 0 Å². The van der Waals surface area contributed by atoms with Crippen molar-refractivity contribution in [1.82, 2.24) is 19.2 Å². The zero-order chi connectivity index (χ0) is 23.1. The summed E-state index contributed by atoms with van der Waals surface area (Å²) >= 11 is 0. The van der Waals surface area contributed by atoms with Crippen LogP contribution in [0.3, 0.4) is 0 Å². The van der Waals surface area contributed by atoms with E-state index in [1.807, 2.05) is 24.3 Å². The lowest BCUT2D eigenvalue weighted by molar-refractivity contribution is 0.0928. The van der Waals surface area contributed by atoms with E-state index in [0.29, 0.717) is 40.8 Å². The van der Waals surface area contributed by atoms with Gasteiger partial charge in [-0.1, -0.05) is 31.0 Å². The van der Waals surface area contributed by atoms with Crippen LogP contribution in [-0.2, 0) is 0 Å². The molecule has 5 rings (SSSR count). The minimum absolute atomic E-state index is 0.0740. The zero-order valence-electron chi connectivity index (χ0n) is 19.4. The van der Waals surface area contributed by atoms with E-state index >= 15 is 0 Å². The molecule has 172 valence electrons. The number of amides is 1. The molecule has 2 aliphatic rings. The summed E-state index contributed by atoms with van der Waals surface area (Å²) in [5.41, 5.74) is 1.60. The Bertz CT molecular complexity index is 1310. The molecule has 0 bridgehead atoms. The predicted octanol–water partition coefficient (Wildman–Crippen LogP) is 3.84. The van der Waals surface area contributed by atoms with Crippen molar-refractivity contribution >= 4 is 22.3 Å². The Labute approximate surface area is 193 Å². The Hall–Kier alpha value is -3.11. The van der Waals surface area contributed by atoms with Crippen molar-refractivity contribution in [2.45, 2.75) is 70.5 Å². The number of nitrogens with one attached hydrogen (secondary N) is 1. The van der Waals surface area contributed by atoms with Crippen molar-refractivity contribution < 1.29 is 4.79 Å². The van der Waals surface area contributed by atoms with Crippen molar-refractivity contribution in [1.29, 1.82) is 5.26 Å². The van der Waals surface area contributed by atoms with Gasteiger partial charge in [-0.05, 0) is 52.1 Å². The molecule has 3 aromatic rings. The molecule has 7 nitrogen and oxygen atoms in total. The van der Waals surface area contributed by atoms with E-state index in [1.54, 1.807) is 15.2 Å². The van der Waals surface area contributed by atoms with Gasteiger partial charge in [0.15, 0.2) is 0 Å². The van der Waals surface area contributed by atoms with Gasteiger partial charge < -0.3 is 9.88 Å². The molecule has 1 atom stereocenters. The van der Waals surface area contributed by atoms with Gasteiger partial charge in [0.05, 0.1) is 11.1 Å². The molecule has 0 spiro atoms. The molecule has 2 fully saturated rings. The quantitative estimate of drug-likeness (QED) is 0.647. The molecule has 3 heterocycles. The van der Waals surface area contributed by atoms with E-state index in [4.69, 9.17) is 0 Å². The Balaban J connectivity index is 1.62. The second kappa shape index (κ2) is 8.68. The van der Waals surface area contributed by atoms with Crippen LogP contribution in [0.25, 0.3) is 16.4 Å². The van der Waals surface area contributed by atoms with Crippen LogP contribution in [0, 0.1) is 11.3 Å². The highest BCUT2D eigenvalue weighted by molar-refractivity contribution is 6.00. The van der Waals surface area contributed by atoms with E-state index in [-0.39, 0.29) is 17.5 Å². The number of carbonyl (C=O) groups is 1. The van der Waals surface area contributed by atoms with Gasteiger partial charge in [-0.25, -0.2) is 0 Å². The number of benzene rings is 1. The standard InChI is InChI=1S/C26H31N5O2/c1-17(2)29-13-7-10-19(29)15-28-25(32)23-16-30(18-8-3-4-9-18)26(33)24-21(14-27)20-11-5-6-12-22(20)31(23)24/h5-6,11-12,16-19H,3-4,7-10,13,15H2,1-2H3,(H,28,32). The summed E-state index contributed by atoms with van der Waals surface area (Å²) in [6.07, 6.45) is 7.93. The van der Waals surface area contributed by atoms with Gasteiger partial charge in [0.2, 0.25) is 0 Å². The number of fused-ring (bicyclic) bond motifs is 3. The summed E-state index contributed by atoms with van der Waals surface area (Å²) in [6.45, 7) is 6.02. The first-order chi connectivity index (χ1) is 16.0. The molecular weight excluding hydrogens is 414 g/mol. The highest BCUT2D eigenvalue weighted by Gasteiger charge is 2.29. The number of aromatic nitrogens is 2. The first-order valence-corrected chi connectivity index (χ1v) is 12.1. The topological polar surface area (TPSA) is 82.5 Å². The fourth-order valence-corrected chi connectivity index (χ4v) is 5.85. The van der Waals surface area contributed by atoms with Crippen molar-refractivity contribution in [2.24, 2.45) is 0 Å². The van der Waals surface area contributed by atoms with E-state index in [9.17, 15) is 14.9 Å². The lowest BCUT2D eigenvalue weighted by atomic mass is 10.1. The van der Waals surface area contributed by atoms with Crippen LogP contribution in [0.4, 0.5) is 0 Å². The third-order valence-corrected chi connectivity index (χ3v) is 7.46. The minimum Gasteiger partial charge on any atom is -0.349 e. The van der Waals surface area contributed by atoms with E-state index in [0.717, 1.165) is 50.6 Å². The summed E-state index contributed by atoms with van der Waals surface area (Å²) in [5, 5.41) is 13.8. The van der Waals surface area contributed by atoms with Crippen LogP contribution in [0.5, 0.6) is 0 Å². The molecule has 33 heavy (non-hydrogen) atoms. The van der Waals surface area contributed by atoms with Gasteiger partial charge in [-0.3, -0.25) is 18.9 Å². The highest BCUT2D eigenvalue weighted by atomic mass is 16.2. The summed E-state index contributed by atoms with van der Waals surface area (Å²) in [4.78, 5) is 29.6. The number of carbonyl (C=O) groups excluding carboxylic acids is 1. The summed E-state index contributed by atoms with van der Waals surface area (Å²) in [7, 11) is 0. The second-order valence-corrected chi connectivity index (χ2v) is 9.69. The lowest BCUT2D eigenvalue weighted by Crippen LogP contribution is -2.43.